The third-order valence-corrected chi connectivity index (χ3v) is 4.88. The molecule has 0 aliphatic rings. The molecule has 0 bridgehead atoms. The average molecular weight is 386 g/mol. The summed E-state index contributed by atoms with van der Waals surface area (Å²) < 4.78 is 3.75. The summed E-state index contributed by atoms with van der Waals surface area (Å²) >= 11 is 0. The second kappa shape index (κ2) is 7.35. The molecule has 0 atom stereocenters. The van der Waals surface area contributed by atoms with E-state index in [0.717, 1.165) is 16.8 Å². The van der Waals surface area contributed by atoms with Crippen LogP contribution in [-0.2, 0) is 0 Å². The number of benzene rings is 1. The standard InChI is InChI=1S/C22H22N6O/c1-14(2)27-13-24-26-22(27)17-9-6-10-20(25-17)28-18(11-12-19(28)21(23)29)16-8-5-4-7-15(16)3/h4-14H,1-3H3,(H2,23,29). The summed E-state index contributed by atoms with van der Waals surface area (Å²) in [6.07, 6.45) is 1.69. The molecule has 4 rings (SSSR count). The van der Waals surface area contributed by atoms with Crippen molar-refractivity contribution in [2.75, 3.05) is 0 Å². The third-order valence-electron chi connectivity index (χ3n) is 4.88. The van der Waals surface area contributed by atoms with Crippen molar-refractivity contribution in [3.63, 3.8) is 0 Å². The number of hydrogen-bond acceptors (Lipinski definition) is 4. The number of rotatable bonds is 5. The molecule has 1 amide bonds. The maximum Gasteiger partial charge on any atom is 0.265 e. The van der Waals surface area contributed by atoms with Gasteiger partial charge in [-0.25, -0.2) is 4.98 Å². The van der Waals surface area contributed by atoms with E-state index in [4.69, 9.17) is 10.7 Å². The van der Waals surface area contributed by atoms with Gasteiger partial charge in [0.2, 0.25) is 0 Å². The van der Waals surface area contributed by atoms with E-state index >= 15 is 0 Å². The molecule has 0 spiro atoms. The topological polar surface area (TPSA) is 91.6 Å². The second-order valence-corrected chi connectivity index (χ2v) is 7.15. The molecule has 0 unspecified atom stereocenters. The van der Waals surface area contributed by atoms with E-state index in [9.17, 15) is 4.79 Å². The molecule has 1 aromatic carbocycles. The monoisotopic (exact) mass is 386 g/mol. The van der Waals surface area contributed by atoms with Gasteiger partial charge in [0.05, 0.1) is 5.69 Å². The molecule has 3 heterocycles. The first-order valence-electron chi connectivity index (χ1n) is 9.42. The number of aryl methyl sites for hydroxylation is 1. The smallest absolute Gasteiger partial charge is 0.265 e. The number of nitrogens with zero attached hydrogens (tertiary/aromatic N) is 5. The first-order valence-corrected chi connectivity index (χ1v) is 9.42. The van der Waals surface area contributed by atoms with Crippen molar-refractivity contribution in [3.05, 3.63) is 72.2 Å². The van der Waals surface area contributed by atoms with E-state index < -0.39 is 5.91 Å². The number of amides is 1. The third kappa shape index (κ3) is 3.31. The SMILES string of the molecule is Cc1ccccc1-c1ccc(C(N)=O)n1-c1cccc(-c2nncn2C(C)C)n1. The zero-order valence-electron chi connectivity index (χ0n) is 16.6. The Morgan fingerprint density at radius 1 is 1.03 bits per heavy atom. The maximum absolute atomic E-state index is 12.1. The summed E-state index contributed by atoms with van der Waals surface area (Å²) in [7, 11) is 0. The maximum atomic E-state index is 12.1. The Morgan fingerprint density at radius 3 is 2.55 bits per heavy atom. The molecule has 2 N–H and O–H groups in total. The van der Waals surface area contributed by atoms with Crippen LogP contribution in [0.3, 0.4) is 0 Å². The summed E-state index contributed by atoms with van der Waals surface area (Å²) in [5, 5.41) is 8.26. The molecule has 0 aliphatic carbocycles. The van der Waals surface area contributed by atoms with Gasteiger partial charge >= 0.3 is 0 Å². The average Bonchev–Trinajstić information content (AvgIpc) is 3.36. The summed E-state index contributed by atoms with van der Waals surface area (Å²) in [4.78, 5) is 16.9. The van der Waals surface area contributed by atoms with E-state index in [1.54, 1.807) is 17.0 Å². The highest BCUT2D eigenvalue weighted by atomic mass is 16.1. The number of primary amides is 1. The van der Waals surface area contributed by atoms with Gasteiger partial charge in [-0.2, -0.15) is 0 Å². The van der Waals surface area contributed by atoms with Crippen LogP contribution in [0.4, 0.5) is 0 Å². The van der Waals surface area contributed by atoms with Gasteiger partial charge in [-0.3, -0.25) is 9.36 Å². The Morgan fingerprint density at radius 2 is 1.83 bits per heavy atom. The zero-order valence-corrected chi connectivity index (χ0v) is 16.6. The fourth-order valence-corrected chi connectivity index (χ4v) is 3.42. The number of carbonyl (C=O) groups is 1. The van der Waals surface area contributed by atoms with Crippen molar-refractivity contribution in [2.24, 2.45) is 5.73 Å². The van der Waals surface area contributed by atoms with Gasteiger partial charge in [-0.1, -0.05) is 30.3 Å². The van der Waals surface area contributed by atoms with Gasteiger partial charge < -0.3 is 10.3 Å². The lowest BCUT2D eigenvalue weighted by Crippen LogP contribution is -2.17. The van der Waals surface area contributed by atoms with Crippen LogP contribution in [0.25, 0.3) is 28.6 Å². The second-order valence-electron chi connectivity index (χ2n) is 7.15. The van der Waals surface area contributed by atoms with Gasteiger partial charge in [0.1, 0.15) is 23.5 Å². The number of pyridine rings is 1. The van der Waals surface area contributed by atoms with E-state index in [1.807, 2.05) is 60.0 Å². The first-order chi connectivity index (χ1) is 14.0. The van der Waals surface area contributed by atoms with Crippen LogP contribution >= 0.6 is 0 Å². The van der Waals surface area contributed by atoms with Gasteiger partial charge in [0, 0.05) is 11.6 Å². The van der Waals surface area contributed by atoms with Crippen molar-refractivity contribution in [2.45, 2.75) is 26.8 Å². The van der Waals surface area contributed by atoms with E-state index in [0.29, 0.717) is 23.0 Å². The van der Waals surface area contributed by atoms with E-state index in [1.165, 1.54) is 0 Å². The molecule has 0 saturated heterocycles. The zero-order chi connectivity index (χ0) is 20.5. The highest BCUT2D eigenvalue weighted by Crippen LogP contribution is 2.29. The minimum Gasteiger partial charge on any atom is -0.364 e. The number of aromatic nitrogens is 5. The lowest BCUT2D eigenvalue weighted by molar-refractivity contribution is 0.0994. The van der Waals surface area contributed by atoms with Crippen LogP contribution < -0.4 is 5.73 Å². The van der Waals surface area contributed by atoms with Gasteiger partial charge in [-0.15, -0.1) is 10.2 Å². The van der Waals surface area contributed by atoms with Gasteiger partial charge in [-0.05, 0) is 50.6 Å². The van der Waals surface area contributed by atoms with Crippen molar-refractivity contribution < 1.29 is 4.79 Å². The largest absolute Gasteiger partial charge is 0.364 e. The Bertz CT molecular complexity index is 1190. The molecule has 3 aromatic heterocycles. The molecule has 0 saturated carbocycles. The van der Waals surface area contributed by atoms with Gasteiger partial charge in [0.25, 0.3) is 5.91 Å². The number of hydrogen-bond donors (Lipinski definition) is 1. The predicted molar refractivity (Wildman–Crippen MR) is 112 cm³/mol. The van der Waals surface area contributed by atoms with Crippen LogP contribution in [0.5, 0.6) is 0 Å². The molecule has 0 aliphatic heterocycles. The van der Waals surface area contributed by atoms with Crippen molar-refractivity contribution >= 4 is 5.91 Å². The summed E-state index contributed by atoms with van der Waals surface area (Å²) in [5.41, 5.74) is 9.67. The van der Waals surface area contributed by atoms with Crippen molar-refractivity contribution in [1.29, 1.82) is 0 Å². The quantitative estimate of drug-likeness (QED) is 0.565. The molecule has 7 heteroatoms. The Hall–Kier alpha value is -3.74. The fourth-order valence-electron chi connectivity index (χ4n) is 3.42. The Labute approximate surface area is 168 Å². The molecule has 29 heavy (non-hydrogen) atoms. The van der Waals surface area contributed by atoms with Gasteiger partial charge in [0.15, 0.2) is 5.82 Å². The van der Waals surface area contributed by atoms with E-state index in [-0.39, 0.29) is 6.04 Å². The van der Waals surface area contributed by atoms with E-state index in [2.05, 4.69) is 24.0 Å². The molecule has 0 fully saturated rings. The summed E-state index contributed by atoms with van der Waals surface area (Å²) in [5.74, 6) is 0.757. The summed E-state index contributed by atoms with van der Waals surface area (Å²) in [6, 6.07) is 17.5. The van der Waals surface area contributed by atoms with Crippen LogP contribution in [0.15, 0.2) is 60.9 Å². The van der Waals surface area contributed by atoms with Crippen molar-refractivity contribution in [1.82, 2.24) is 24.3 Å². The normalized spacial score (nSPS) is 11.2. The minimum absolute atomic E-state index is 0.195. The highest BCUT2D eigenvalue weighted by molar-refractivity contribution is 5.93. The van der Waals surface area contributed by atoms with Crippen LogP contribution in [0.1, 0.15) is 35.9 Å². The predicted octanol–water partition coefficient (Wildman–Crippen LogP) is 3.79. The lowest BCUT2D eigenvalue weighted by atomic mass is 10.1. The minimum atomic E-state index is -0.512. The molecule has 146 valence electrons. The molecule has 7 nitrogen and oxygen atoms in total. The Kier molecular flexibility index (Phi) is 4.72. The van der Waals surface area contributed by atoms with Crippen LogP contribution in [0, 0.1) is 6.92 Å². The molecule has 4 aromatic rings. The number of carbonyl (C=O) groups excluding carboxylic acids is 1. The first kappa shape index (κ1) is 18.6. The molecule has 0 radical (unpaired) electrons. The number of nitrogens with two attached hydrogens (primary N) is 1. The Balaban J connectivity index is 1.92. The fraction of sp³-hybridized carbons (Fsp3) is 0.182. The lowest BCUT2D eigenvalue weighted by Gasteiger charge is -2.15. The highest BCUT2D eigenvalue weighted by Gasteiger charge is 2.19. The van der Waals surface area contributed by atoms with Crippen LogP contribution in [0.2, 0.25) is 0 Å². The molecular formula is C22H22N6O. The van der Waals surface area contributed by atoms with Crippen LogP contribution in [-0.4, -0.2) is 30.2 Å². The van der Waals surface area contributed by atoms with Crippen molar-refractivity contribution in [3.8, 4) is 28.6 Å². The molecular weight excluding hydrogens is 364 g/mol. The summed E-state index contributed by atoms with van der Waals surface area (Å²) in [6.45, 7) is 6.15.